The van der Waals surface area contributed by atoms with Crippen LogP contribution in [0.5, 0.6) is 5.75 Å². The minimum Gasteiger partial charge on any atom is -0.496 e. The number of aryl methyl sites for hydroxylation is 1. The van der Waals surface area contributed by atoms with Gasteiger partial charge in [0.15, 0.2) is 5.96 Å². The topological polar surface area (TPSA) is 59.6 Å². The summed E-state index contributed by atoms with van der Waals surface area (Å²) in [6.07, 6.45) is 4.79. The number of nitrogens with one attached hydrogen (secondary N) is 1. The first-order chi connectivity index (χ1) is 12.2. The molecule has 5 heteroatoms. The Hall–Kier alpha value is -1.76. The van der Waals surface area contributed by atoms with E-state index in [4.69, 9.17) is 10.5 Å². The number of nitrogens with zero attached hydrogens (tertiary/aromatic N) is 1. The number of anilines is 1. The van der Waals surface area contributed by atoms with Crippen molar-refractivity contribution in [2.45, 2.75) is 38.5 Å². The van der Waals surface area contributed by atoms with Crippen molar-refractivity contribution in [1.29, 1.82) is 0 Å². The summed E-state index contributed by atoms with van der Waals surface area (Å²) in [5.41, 5.74) is 11.2. The van der Waals surface area contributed by atoms with Gasteiger partial charge in [-0.3, -0.25) is 4.99 Å². The third kappa shape index (κ3) is 4.90. The molecule has 0 spiro atoms. The number of hydrogen-bond acceptors (Lipinski definition) is 2. The average molecular weight is 465 g/mol. The van der Waals surface area contributed by atoms with E-state index >= 15 is 0 Å². The van der Waals surface area contributed by atoms with Crippen LogP contribution in [0.1, 0.15) is 42.4 Å². The molecule has 1 unspecified atom stereocenters. The minimum absolute atomic E-state index is 0. The fraction of sp³-hybridized carbons (Fsp3) is 0.381. The van der Waals surface area contributed by atoms with Crippen LogP contribution in [0, 0.1) is 0 Å². The van der Waals surface area contributed by atoms with Crippen molar-refractivity contribution in [2.75, 3.05) is 19.0 Å². The number of halogens is 1. The number of aliphatic imine (C=N–C) groups is 1. The van der Waals surface area contributed by atoms with Gasteiger partial charge in [0.25, 0.3) is 0 Å². The summed E-state index contributed by atoms with van der Waals surface area (Å²) in [6, 6.07) is 14.5. The number of nitrogens with two attached hydrogens (primary N) is 1. The van der Waals surface area contributed by atoms with E-state index < -0.39 is 0 Å². The van der Waals surface area contributed by atoms with Crippen LogP contribution in [-0.4, -0.2) is 19.6 Å². The summed E-state index contributed by atoms with van der Waals surface area (Å²) in [5.74, 6) is 1.61. The molecule has 1 aliphatic carbocycles. The van der Waals surface area contributed by atoms with Crippen LogP contribution in [0.25, 0.3) is 0 Å². The Morgan fingerprint density at radius 2 is 1.92 bits per heavy atom. The van der Waals surface area contributed by atoms with Crippen LogP contribution in [-0.2, 0) is 12.8 Å². The van der Waals surface area contributed by atoms with Crippen molar-refractivity contribution in [2.24, 2.45) is 10.7 Å². The van der Waals surface area contributed by atoms with Gasteiger partial charge < -0.3 is 15.8 Å². The van der Waals surface area contributed by atoms with Crippen molar-refractivity contribution < 1.29 is 4.74 Å². The molecule has 1 aliphatic rings. The largest absolute Gasteiger partial charge is 0.496 e. The van der Waals surface area contributed by atoms with Gasteiger partial charge in [-0.1, -0.05) is 37.3 Å². The Morgan fingerprint density at radius 1 is 1.15 bits per heavy atom. The van der Waals surface area contributed by atoms with Crippen LogP contribution in [0.15, 0.2) is 47.5 Å². The lowest BCUT2D eigenvalue weighted by atomic mass is 9.90. The molecule has 0 bridgehead atoms. The van der Waals surface area contributed by atoms with Crippen molar-refractivity contribution in [3.05, 3.63) is 59.2 Å². The molecular weight excluding hydrogens is 437 g/mol. The monoisotopic (exact) mass is 465 g/mol. The first-order valence-corrected chi connectivity index (χ1v) is 8.99. The molecule has 1 atom stereocenters. The van der Waals surface area contributed by atoms with Crippen LogP contribution in [0.4, 0.5) is 5.69 Å². The second-order valence-corrected chi connectivity index (χ2v) is 6.64. The Bertz CT molecular complexity index is 761. The van der Waals surface area contributed by atoms with Crippen LogP contribution in [0.2, 0.25) is 0 Å². The zero-order valence-electron chi connectivity index (χ0n) is 15.5. The summed E-state index contributed by atoms with van der Waals surface area (Å²) in [7, 11) is 1.70. The van der Waals surface area contributed by atoms with Gasteiger partial charge in [-0.2, -0.15) is 0 Å². The van der Waals surface area contributed by atoms with E-state index in [0.717, 1.165) is 29.8 Å². The average Bonchev–Trinajstić information content (AvgIpc) is 2.66. The molecular formula is C21H28IN3O. The quantitative estimate of drug-likeness (QED) is 0.382. The Labute approximate surface area is 173 Å². The van der Waals surface area contributed by atoms with Crippen molar-refractivity contribution in [1.82, 2.24) is 0 Å². The maximum atomic E-state index is 6.14. The van der Waals surface area contributed by atoms with Gasteiger partial charge in [-0.05, 0) is 54.5 Å². The van der Waals surface area contributed by atoms with Crippen LogP contribution < -0.4 is 15.8 Å². The fourth-order valence-corrected chi connectivity index (χ4v) is 3.48. The van der Waals surface area contributed by atoms with E-state index in [0.29, 0.717) is 12.5 Å². The predicted octanol–water partition coefficient (Wildman–Crippen LogP) is 4.72. The highest BCUT2D eigenvalue weighted by Gasteiger charge is 2.14. The van der Waals surface area contributed by atoms with Gasteiger partial charge in [0, 0.05) is 18.2 Å². The first kappa shape index (κ1) is 20.6. The fourth-order valence-electron chi connectivity index (χ4n) is 3.48. The van der Waals surface area contributed by atoms with E-state index in [1.54, 1.807) is 7.11 Å². The zero-order valence-corrected chi connectivity index (χ0v) is 17.8. The lowest BCUT2D eigenvalue weighted by molar-refractivity contribution is 0.407. The van der Waals surface area contributed by atoms with Gasteiger partial charge in [-0.15, -0.1) is 24.0 Å². The van der Waals surface area contributed by atoms with Crippen molar-refractivity contribution in [3.63, 3.8) is 0 Å². The van der Waals surface area contributed by atoms with Gasteiger partial charge in [0.2, 0.25) is 0 Å². The standard InChI is InChI=1S/C21H27N3O.HI/c1-15(17-10-5-6-13-20(17)25-2)14-23-21(22)24-19-12-7-9-16-8-3-4-11-18(16)19;/h5-7,9-10,12-13,15H,3-4,8,11,14H2,1-2H3,(H3,22,23,24);1H. The number of benzene rings is 2. The minimum atomic E-state index is 0. The molecule has 0 amide bonds. The third-order valence-electron chi connectivity index (χ3n) is 4.86. The lowest BCUT2D eigenvalue weighted by Gasteiger charge is -2.20. The van der Waals surface area contributed by atoms with E-state index in [1.165, 1.54) is 24.0 Å². The predicted molar refractivity (Wildman–Crippen MR) is 120 cm³/mol. The summed E-state index contributed by atoms with van der Waals surface area (Å²) in [4.78, 5) is 4.55. The van der Waals surface area contributed by atoms with Crippen LogP contribution >= 0.6 is 24.0 Å². The van der Waals surface area contributed by atoms with Gasteiger partial charge in [-0.25, -0.2) is 0 Å². The number of rotatable bonds is 5. The Kier molecular flexibility index (Phi) is 7.75. The molecule has 2 aromatic rings. The molecule has 26 heavy (non-hydrogen) atoms. The SMILES string of the molecule is COc1ccccc1C(C)CN=C(N)Nc1cccc2c1CCCC2.I. The molecule has 0 saturated carbocycles. The second-order valence-electron chi connectivity index (χ2n) is 6.64. The lowest BCUT2D eigenvalue weighted by Crippen LogP contribution is -2.24. The van der Waals surface area contributed by atoms with E-state index in [2.05, 4.69) is 41.5 Å². The van der Waals surface area contributed by atoms with Crippen LogP contribution in [0.3, 0.4) is 0 Å². The molecule has 3 N–H and O–H groups in total. The Morgan fingerprint density at radius 3 is 2.73 bits per heavy atom. The maximum absolute atomic E-state index is 6.14. The number of methoxy groups -OCH3 is 1. The number of hydrogen-bond donors (Lipinski definition) is 2. The van der Waals surface area contributed by atoms with E-state index in [1.807, 2.05) is 18.2 Å². The molecule has 4 nitrogen and oxygen atoms in total. The van der Waals surface area contributed by atoms with Crippen molar-refractivity contribution in [3.8, 4) is 5.75 Å². The zero-order chi connectivity index (χ0) is 17.6. The highest BCUT2D eigenvalue weighted by atomic mass is 127. The molecule has 3 rings (SSSR count). The highest BCUT2D eigenvalue weighted by molar-refractivity contribution is 14.0. The summed E-state index contributed by atoms with van der Waals surface area (Å²) < 4.78 is 5.44. The molecule has 2 aromatic carbocycles. The first-order valence-electron chi connectivity index (χ1n) is 8.99. The highest BCUT2D eigenvalue weighted by Crippen LogP contribution is 2.28. The van der Waals surface area contributed by atoms with E-state index in [-0.39, 0.29) is 29.9 Å². The van der Waals surface area contributed by atoms with Gasteiger partial charge in [0.1, 0.15) is 5.75 Å². The smallest absolute Gasteiger partial charge is 0.193 e. The number of ether oxygens (including phenoxy) is 1. The maximum Gasteiger partial charge on any atom is 0.193 e. The molecule has 0 heterocycles. The summed E-state index contributed by atoms with van der Waals surface area (Å²) >= 11 is 0. The number of para-hydroxylation sites is 1. The second kappa shape index (κ2) is 9.80. The molecule has 0 aliphatic heterocycles. The molecule has 0 fully saturated rings. The molecule has 0 radical (unpaired) electrons. The van der Waals surface area contributed by atoms with E-state index in [9.17, 15) is 0 Å². The number of guanidine groups is 1. The number of fused-ring (bicyclic) bond motifs is 1. The normalized spacial score (nSPS) is 14.8. The third-order valence-corrected chi connectivity index (χ3v) is 4.86. The molecule has 0 saturated heterocycles. The molecule has 0 aromatic heterocycles. The van der Waals surface area contributed by atoms with Crippen molar-refractivity contribution >= 4 is 35.6 Å². The van der Waals surface area contributed by atoms with Gasteiger partial charge >= 0.3 is 0 Å². The summed E-state index contributed by atoms with van der Waals surface area (Å²) in [5, 5.41) is 3.30. The van der Waals surface area contributed by atoms with Gasteiger partial charge in [0.05, 0.1) is 7.11 Å². The Balaban J connectivity index is 0.00000243. The summed E-state index contributed by atoms with van der Waals surface area (Å²) in [6.45, 7) is 2.76. The molecule has 140 valence electrons.